The van der Waals surface area contributed by atoms with Crippen LogP contribution in [0.3, 0.4) is 0 Å². The lowest BCUT2D eigenvalue weighted by Gasteiger charge is -2.26. The van der Waals surface area contributed by atoms with Crippen molar-refractivity contribution in [1.82, 2.24) is 34.9 Å². The first-order valence-electron chi connectivity index (χ1n) is 13.9. The molecule has 1 saturated heterocycles. The second-order valence-corrected chi connectivity index (χ2v) is 10.3. The molecule has 1 N–H and O–H groups in total. The van der Waals surface area contributed by atoms with E-state index in [4.69, 9.17) is 9.47 Å². The highest BCUT2D eigenvalue weighted by Crippen LogP contribution is 2.31. The zero-order valence-electron chi connectivity index (χ0n) is 23.1. The summed E-state index contributed by atoms with van der Waals surface area (Å²) >= 11 is 0. The van der Waals surface area contributed by atoms with Crippen LogP contribution in [0.5, 0.6) is 11.6 Å². The topological polar surface area (TPSA) is 132 Å². The van der Waals surface area contributed by atoms with Crippen molar-refractivity contribution < 1.29 is 23.9 Å². The summed E-state index contributed by atoms with van der Waals surface area (Å²) in [6.45, 7) is 2.26. The molecule has 0 spiro atoms. The maximum absolute atomic E-state index is 13.4. The molecule has 41 heavy (non-hydrogen) atoms. The fraction of sp³-hybridized carbons (Fsp3) is 0.448. The Labute approximate surface area is 238 Å². The van der Waals surface area contributed by atoms with E-state index in [1.54, 1.807) is 28.0 Å². The first kappa shape index (κ1) is 28.1. The molecule has 12 nitrogen and oxygen atoms in total. The molecule has 0 aliphatic carbocycles. The van der Waals surface area contributed by atoms with Crippen molar-refractivity contribution in [3.05, 3.63) is 66.4 Å². The van der Waals surface area contributed by atoms with E-state index in [2.05, 4.69) is 20.4 Å². The number of aromatic nitrogens is 4. The Morgan fingerprint density at radius 2 is 2.05 bits per heavy atom. The molecule has 0 saturated carbocycles. The molecule has 2 aliphatic heterocycles. The van der Waals surface area contributed by atoms with Gasteiger partial charge in [0.15, 0.2) is 0 Å². The minimum Gasteiger partial charge on any atom is -0.494 e. The minimum atomic E-state index is -0.307. The number of pyridine rings is 1. The predicted molar refractivity (Wildman–Crippen MR) is 148 cm³/mol. The predicted octanol–water partition coefficient (Wildman–Crippen LogP) is 1.89. The third-order valence-corrected chi connectivity index (χ3v) is 7.45. The number of amides is 3. The number of likely N-dealkylation sites (tertiary alicyclic amines) is 1. The van der Waals surface area contributed by atoms with Crippen LogP contribution in [0, 0.1) is 0 Å². The molecule has 2 aromatic heterocycles. The first-order chi connectivity index (χ1) is 20.0. The molecule has 216 valence electrons. The highest BCUT2D eigenvalue weighted by Gasteiger charge is 2.37. The maximum atomic E-state index is 13.4. The fourth-order valence-corrected chi connectivity index (χ4v) is 5.33. The van der Waals surface area contributed by atoms with Gasteiger partial charge in [-0.05, 0) is 43.0 Å². The number of nitrogens with zero attached hydrogens (tertiary/aromatic N) is 6. The third kappa shape index (κ3) is 7.19. The Balaban J connectivity index is 1.32. The number of methoxy groups -OCH3 is 1. The molecule has 2 aliphatic rings. The molecular formula is C29H35N7O5. The number of carbonyl (C=O) groups is 3. The van der Waals surface area contributed by atoms with Gasteiger partial charge >= 0.3 is 0 Å². The van der Waals surface area contributed by atoms with E-state index in [1.807, 2.05) is 29.2 Å². The van der Waals surface area contributed by atoms with Crippen LogP contribution in [0.2, 0.25) is 0 Å². The van der Waals surface area contributed by atoms with E-state index in [1.165, 1.54) is 19.6 Å². The van der Waals surface area contributed by atoms with E-state index in [9.17, 15) is 14.4 Å². The van der Waals surface area contributed by atoms with Gasteiger partial charge in [-0.1, -0.05) is 12.1 Å². The second kappa shape index (κ2) is 13.2. The summed E-state index contributed by atoms with van der Waals surface area (Å²) in [6.07, 6.45) is 7.02. The normalized spacial score (nSPS) is 19.5. The molecule has 3 aromatic rings. The van der Waals surface area contributed by atoms with Gasteiger partial charge in [0.25, 0.3) is 5.91 Å². The fourth-order valence-electron chi connectivity index (χ4n) is 5.33. The Hall–Kier alpha value is -4.48. The molecule has 3 amide bonds. The van der Waals surface area contributed by atoms with Gasteiger partial charge in [0, 0.05) is 56.3 Å². The van der Waals surface area contributed by atoms with Gasteiger partial charge in [-0.25, -0.2) is 9.97 Å². The molecule has 4 heterocycles. The van der Waals surface area contributed by atoms with Crippen molar-refractivity contribution in [2.24, 2.45) is 0 Å². The molecule has 1 aromatic carbocycles. The summed E-state index contributed by atoms with van der Waals surface area (Å²) in [4.78, 5) is 51.3. The quantitative estimate of drug-likeness (QED) is 0.483. The average molecular weight is 562 g/mol. The number of benzene rings is 1. The highest BCUT2D eigenvalue weighted by molar-refractivity contribution is 5.96. The van der Waals surface area contributed by atoms with Crippen molar-refractivity contribution in [3.63, 3.8) is 0 Å². The molecule has 5 rings (SSSR count). The van der Waals surface area contributed by atoms with E-state index in [-0.39, 0.29) is 36.2 Å². The Bertz CT molecular complexity index is 1350. The van der Waals surface area contributed by atoms with Crippen molar-refractivity contribution in [3.8, 4) is 11.6 Å². The first-order valence-corrected chi connectivity index (χ1v) is 13.9. The molecule has 2 atom stereocenters. The zero-order chi connectivity index (χ0) is 28.6. The number of fused-ring (bicyclic) bond motifs is 4. The molecule has 12 heteroatoms. The monoisotopic (exact) mass is 561 g/mol. The number of hydrogen-bond acceptors (Lipinski definition) is 8. The summed E-state index contributed by atoms with van der Waals surface area (Å²) in [7, 11) is 1.49. The van der Waals surface area contributed by atoms with Crippen LogP contribution < -0.4 is 14.8 Å². The number of aryl methyl sites for hydroxylation is 1. The van der Waals surface area contributed by atoms with Gasteiger partial charge < -0.3 is 24.6 Å². The Morgan fingerprint density at radius 1 is 1.15 bits per heavy atom. The SMILES string of the molecule is COc1cc(C(=O)N2CCCCOc3cccc(c3)[C@H]3CN(C(=O)CCCn4cncn4)C[C@@H]3NC(=O)C2)ccn1. The second-order valence-electron chi connectivity index (χ2n) is 10.3. The van der Waals surface area contributed by atoms with Crippen LogP contribution in [0.25, 0.3) is 0 Å². The maximum Gasteiger partial charge on any atom is 0.254 e. The summed E-state index contributed by atoms with van der Waals surface area (Å²) in [5.74, 6) is 0.459. The molecular weight excluding hydrogens is 526 g/mol. The number of carbonyl (C=O) groups excluding carboxylic acids is 3. The highest BCUT2D eigenvalue weighted by atomic mass is 16.5. The van der Waals surface area contributed by atoms with Gasteiger partial charge in [-0.2, -0.15) is 5.10 Å². The van der Waals surface area contributed by atoms with Crippen molar-refractivity contribution in [1.29, 1.82) is 0 Å². The van der Waals surface area contributed by atoms with Gasteiger partial charge in [-0.3, -0.25) is 19.1 Å². The standard InChI is InChI=1S/C29H35N7O5/c1-40-27-15-22(9-10-31-27)29(39)34-11-2-3-13-41-23-7-4-6-21(14-23)24-16-35(17-25(24)33-26(37)18-34)28(38)8-5-12-36-20-30-19-32-36/h4,6-7,9-10,14-15,19-20,24-25H,2-3,5,8,11-13,16-18H2,1H3,(H,33,37)/t24-,25+/m1/s1. The van der Waals surface area contributed by atoms with Crippen molar-refractivity contribution in [2.45, 2.75) is 44.2 Å². The molecule has 1 fully saturated rings. The number of nitrogens with one attached hydrogen (secondary N) is 1. The van der Waals surface area contributed by atoms with Crippen LogP contribution >= 0.6 is 0 Å². The van der Waals surface area contributed by atoms with Gasteiger partial charge in [0.2, 0.25) is 17.7 Å². The molecule has 0 unspecified atom stereocenters. The van der Waals surface area contributed by atoms with E-state index >= 15 is 0 Å². The van der Waals surface area contributed by atoms with E-state index in [0.29, 0.717) is 63.5 Å². The summed E-state index contributed by atoms with van der Waals surface area (Å²) in [5.41, 5.74) is 1.40. The van der Waals surface area contributed by atoms with Crippen LogP contribution in [-0.4, -0.2) is 93.2 Å². The summed E-state index contributed by atoms with van der Waals surface area (Å²) in [5, 5.41) is 7.23. The van der Waals surface area contributed by atoms with Crippen LogP contribution in [0.4, 0.5) is 0 Å². The largest absolute Gasteiger partial charge is 0.494 e. The molecule has 2 bridgehead atoms. The van der Waals surface area contributed by atoms with Crippen LogP contribution in [0.1, 0.15) is 47.5 Å². The van der Waals surface area contributed by atoms with E-state index < -0.39 is 0 Å². The Morgan fingerprint density at radius 3 is 2.88 bits per heavy atom. The lowest BCUT2D eigenvalue weighted by molar-refractivity contribution is -0.130. The zero-order valence-corrected chi connectivity index (χ0v) is 23.1. The molecule has 0 radical (unpaired) electrons. The van der Waals surface area contributed by atoms with Crippen molar-refractivity contribution in [2.75, 3.05) is 39.9 Å². The average Bonchev–Trinajstić information content (AvgIpc) is 3.66. The van der Waals surface area contributed by atoms with Gasteiger partial charge in [0.1, 0.15) is 18.4 Å². The summed E-state index contributed by atoms with van der Waals surface area (Å²) < 4.78 is 12.9. The van der Waals surface area contributed by atoms with Crippen LogP contribution in [0.15, 0.2) is 55.2 Å². The smallest absolute Gasteiger partial charge is 0.254 e. The lowest BCUT2D eigenvalue weighted by Crippen LogP contribution is -2.47. The number of rotatable bonds is 6. The lowest BCUT2D eigenvalue weighted by atomic mass is 9.94. The van der Waals surface area contributed by atoms with Crippen molar-refractivity contribution >= 4 is 17.7 Å². The van der Waals surface area contributed by atoms with Gasteiger partial charge in [0.05, 0.1) is 26.3 Å². The van der Waals surface area contributed by atoms with Crippen LogP contribution in [-0.2, 0) is 16.1 Å². The van der Waals surface area contributed by atoms with E-state index in [0.717, 1.165) is 17.7 Å². The minimum absolute atomic E-state index is 0.0284. The van der Waals surface area contributed by atoms with Gasteiger partial charge in [-0.15, -0.1) is 0 Å². The number of hydrogen-bond donors (Lipinski definition) is 1. The third-order valence-electron chi connectivity index (χ3n) is 7.45. The Kier molecular flexibility index (Phi) is 9.07. The summed E-state index contributed by atoms with van der Waals surface area (Å²) in [6, 6.07) is 10.7. The number of ether oxygens (including phenoxy) is 2.